The first-order chi connectivity index (χ1) is 18.5. The number of rotatable bonds is 8. The van der Waals surface area contributed by atoms with Gasteiger partial charge < -0.3 is 25.7 Å². The van der Waals surface area contributed by atoms with E-state index in [1.165, 1.54) is 6.20 Å². The molecule has 1 aliphatic carbocycles. The van der Waals surface area contributed by atoms with Crippen molar-refractivity contribution in [2.24, 2.45) is 11.3 Å². The van der Waals surface area contributed by atoms with Crippen LogP contribution < -0.4 is 15.5 Å². The Bertz CT molecular complexity index is 1290. The van der Waals surface area contributed by atoms with Crippen LogP contribution in [0.15, 0.2) is 36.8 Å². The smallest absolute Gasteiger partial charge is 0.333 e. The van der Waals surface area contributed by atoms with Gasteiger partial charge in [0.05, 0.1) is 11.3 Å². The summed E-state index contributed by atoms with van der Waals surface area (Å²) in [7, 11) is 0. The molecule has 39 heavy (non-hydrogen) atoms. The van der Waals surface area contributed by atoms with E-state index in [0.717, 1.165) is 19.4 Å². The zero-order chi connectivity index (χ0) is 27.8. The number of halogens is 2. The number of alkyl halides is 2. The highest BCUT2D eigenvalue weighted by Gasteiger charge is 2.39. The van der Waals surface area contributed by atoms with Gasteiger partial charge in [-0.05, 0) is 50.2 Å². The highest BCUT2D eigenvalue weighted by Crippen LogP contribution is 2.37. The van der Waals surface area contributed by atoms with Gasteiger partial charge in [0.15, 0.2) is 0 Å². The van der Waals surface area contributed by atoms with Crippen LogP contribution in [0.1, 0.15) is 53.0 Å². The predicted octanol–water partition coefficient (Wildman–Crippen LogP) is 4.43. The van der Waals surface area contributed by atoms with Gasteiger partial charge in [0.2, 0.25) is 5.95 Å². The van der Waals surface area contributed by atoms with Gasteiger partial charge in [-0.15, -0.1) is 0 Å². The van der Waals surface area contributed by atoms with E-state index >= 15 is 0 Å². The molecule has 210 valence electrons. The van der Waals surface area contributed by atoms with Crippen molar-refractivity contribution in [2.45, 2.75) is 64.6 Å². The molecule has 1 saturated heterocycles. The number of aliphatic hydroxyl groups is 2. The summed E-state index contributed by atoms with van der Waals surface area (Å²) in [6.07, 6.45) is 7.44. The first-order valence-electron chi connectivity index (χ1n) is 13.3. The highest BCUT2D eigenvalue weighted by molar-refractivity contribution is 5.77. The molecule has 0 spiro atoms. The average Bonchev–Trinajstić information content (AvgIpc) is 3.50. The Morgan fingerprint density at radius 3 is 2.56 bits per heavy atom. The van der Waals surface area contributed by atoms with Crippen molar-refractivity contribution in [3.63, 3.8) is 0 Å². The summed E-state index contributed by atoms with van der Waals surface area (Å²) in [6, 6.07) is 5.23. The fourth-order valence-corrected chi connectivity index (χ4v) is 5.40. The van der Waals surface area contributed by atoms with E-state index in [-0.39, 0.29) is 24.0 Å². The van der Waals surface area contributed by atoms with Crippen LogP contribution in [-0.4, -0.2) is 66.3 Å². The second-order valence-electron chi connectivity index (χ2n) is 11.6. The summed E-state index contributed by atoms with van der Waals surface area (Å²) in [5.41, 5.74) is 0.978. The second kappa shape index (κ2) is 10.6. The quantitative estimate of drug-likeness (QED) is 0.327. The Balaban J connectivity index is 1.39. The Kier molecular flexibility index (Phi) is 7.43. The molecule has 0 bridgehead atoms. The van der Waals surface area contributed by atoms with Crippen LogP contribution in [0.4, 0.5) is 32.1 Å². The van der Waals surface area contributed by atoms with Gasteiger partial charge >= 0.3 is 6.55 Å². The minimum Gasteiger partial charge on any atom is -0.396 e. The third-order valence-electron chi connectivity index (χ3n) is 7.96. The number of hydrogen-bond acceptors (Lipinski definition) is 9. The molecule has 2 aliphatic rings. The number of pyridine rings is 1. The Hall–Kier alpha value is -3.38. The van der Waals surface area contributed by atoms with Gasteiger partial charge in [0, 0.05) is 67.6 Å². The van der Waals surface area contributed by atoms with Crippen molar-refractivity contribution in [2.75, 3.05) is 35.2 Å². The third kappa shape index (κ3) is 6.11. The van der Waals surface area contributed by atoms with Gasteiger partial charge in [-0.1, -0.05) is 13.8 Å². The number of anilines is 4. The molecule has 3 aromatic rings. The first kappa shape index (κ1) is 27.2. The number of nitrogens with one attached hydrogen (secondary N) is 2. The first-order valence-corrected chi connectivity index (χ1v) is 13.3. The molecule has 12 heteroatoms. The van der Waals surface area contributed by atoms with E-state index in [2.05, 4.69) is 49.4 Å². The summed E-state index contributed by atoms with van der Waals surface area (Å²) in [4.78, 5) is 15.7. The number of hydrogen-bond donors (Lipinski definition) is 4. The third-order valence-corrected chi connectivity index (χ3v) is 7.96. The van der Waals surface area contributed by atoms with Crippen molar-refractivity contribution < 1.29 is 19.0 Å². The lowest BCUT2D eigenvalue weighted by Gasteiger charge is -2.34. The van der Waals surface area contributed by atoms with Crippen LogP contribution in [0.3, 0.4) is 0 Å². The van der Waals surface area contributed by atoms with Crippen molar-refractivity contribution in [3.8, 4) is 11.3 Å². The Morgan fingerprint density at radius 1 is 1.13 bits per heavy atom. The molecule has 3 aromatic heterocycles. The maximum Gasteiger partial charge on any atom is 0.333 e. The Labute approximate surface area is 226 Å². The van der Waals surface area contributed by atoms with Crippen LogP contribution in [-0.2, 0) is 0 Å². The van der Waals surface area contributed by atoms with Gasteiger partial charge in [-0.25, -0.2) is 14.6 Å². The fraction of sp³-hybridized carbons (Fsp3) is 0.556. The van der Waals surface area contributed by atoms with E-state index in [1.807, 2.05) is 13.0 Å². The predicted molar refractivity (Wildman–Crippen MR) is 145 cm³/mol. The molecule has 1 unspecified atom stereocenters. The molecule has 4 heterocycles. The number of aromatic nitrogens is 5. The van der Waals surface area contributed by atoms with Crippen LogP contribution in [0, 0.1) is 11.3 Å². The maximum atomic E-state index is 13.2. The molecular formula is C27H36F2N8O2. The molecule has 1 aliphatic heterocycles. The number of nitrogens with zero attached hydrogens (tertiary/aromatic N) is 6. The fourth-order valence-electron chi connectivity index (χ4n) is 5.40. The molecule has 2 fully saturated rings. The molecule has 0 radical (unpaired) electrons. The van der Waals surface area contributed by atoms with E-state index in [9.17, 15) is 19.0 Å². The van der Waals surface area contributed by atoms with Crippen LogP contribution >= 0.6 is 0 Å². The van der Waals surface area contributed by atoms with E-state index in [1.54, 1.807) is 24.5 Å². The standard InChI is InChI=1S/C27H36F2N8O2/c1-26(2)16-36(14-17(26)15-38)25-30-10-6-22(34-25)33-23-12-21(32-18-4-8-27(3,39)9-5-18)19(13-31-23)20-7-11-37(35-20)24(28)29/h6-7,10-13,17-18,24,38-39H,4-5,8-9,14-16H2,1-3H3,(H2,30,31,32,33,34). The normalized spacial score (nSPS) is 24.8. The molecule has 0 amide bonds. The van der Waals surface area contributed by atoms with Gasteiger partial charge in [-0.3, -0.25) is 0 Å². The minimum atomic E-state index is -2.73. The molecule has 1 saturated carbocycles. The summed E-state index contributed by atoms with van der Waals surface area (Å²) >= 11 is 0. The number of aliphatic hydroxyl groups excluding tert-OH is 1. The maximum absolute atomic E-state index is 13.2. The van der Waals surface area contributed by atoms with Crippen LogP contribution in [0.2, 0.25) is 0 Å². The van der Waals surface area contributed by atoms with E-state index < -0.39 is 12.2 Å². The molecular weight excluding hydrogens is 506 g/mol. The van der Waals surface area contributed by atoms with Gasteiger partial charge in [0.25, 0.3) is 0 Å². The molecule has 1 atom stereocenters. The van der Waals surface area contributed by atoms with Crippen molar-refractivity contribution >= 4 is 23.3 Å². The lowest BCUT2D eigenvalue weighted by molar-refractivity contribution is 0.0196. The SMILES string of the molecule is CC1(O)CCC(Nc2cc(Nc3ccnc(N4CC(CO)C(C)(C)C4)n3)ncc2-c2ccn(C(F)F)n2)CC1. The van der Waals surface area contributed by atoms with E-state index in [0.29, 0.717) is 58.6 Å². The van der Waals surface area contributed by atoms with Gasteiger partial charge in [0.1, 0.15) is 11.6 Å². The second-order valence-corrected chi connectivity index (χ2v) is 11.6. The van der Waals surface area contributed by atoms with E-state index in [4.69, 9.17) is 0 Å². The average molecular weight is 543 g/mol. The zero-order valence-electron chi connectivity index (χ0n) is 22.5. The lowest BCUT2D eigenvalue weighted by atomic mass is 9.83. The highest BCUT2D eigenvalue weighted by atomic mass is 19.3. The van der Waals surface area contributed by atoms with Gasteiger partial charge in [-0.2, -0.15) is 18.9 Å². The van der Waals surface area contributed by atoms with Crippen molar-refractivity contribution in [1.29, 1.82) is 0 Å². The molecule has 0 aromatic carbocycles. The molecule has 10 nitrogen and oxygen atoms in total. The molecule has 4 N–H and O–H groups in total. The van der Waals surface area contributed by atoms with Crippen LogP contribution in [0.25, 0.3) is 11.3 Å². The lowest BCUT2D eigenvalue weighted by Crippen LogP contribution is -2.35. The zero-order valence-corrected chi connectivity index (χ0v) is 22.5. The summed E-state index contributed by atoms with van der Waals surface area (Å²) in [5.74, 6) is 1.80. The minimum absolute atomic E-state index is 0.0522. The summed E-state index contributed by atoms with van der Waals surface area (Å²) in [5, 5.41) is 30.9. The van der Waals surface area contributed by atoms with Crippen molar-refractivity contribution in [3.05, 3.63) is 36.8 Å². The molecule has 5 rings (SSSR count). The summed E-state index contributed by atoms with van der Waals surface area (Å²) in [6.45, 7) is 4.91. The largest absolute Gasteiger partial charge is 0.396 e. The van der Waals surface area contributed by atoms with Crippen molar-refractivity contribution in [1.82, 2.24) is 24.7 Å². The summed E-state index contributed by atoms with van der Waals surface area (Å²) < 4.78 is 27.0. The van der Waals surface area contributed by atoms with Crippen LogP contribution in [0.5, 0.6) is 0 Å². The Morgan fingerprint density at radius 2 is 1.90 bits per heavy atom. The monoisotopic (exact) mass is 542 g/mol. The topological polar surface area (TPSA) is 124 Å².